The van der Waals surface area contributed by atoms with Crippen LogP contribution in [0.15, 0.2) is 58.3 Å². The van der Waals surface area contributed by atoms with Gasteiger partial charge in [0.05, 0.1) is 18.4 Å². The van der Waals surface area contributed by atoms with Crippen LogP contribution >= 0.6 is 0 Å². The molecule has 7 nitrogen and oxygen atoms in total. The molecule has 0 saturated carbocycles. The van der Waals surface area contributed by atoms with Crippen molar-refractivity contribution in [1.29, 1.82) is 5.26 Å². The van der Waals surface area contributed by atoms with Crippen LogP contribution in [-0.4, -0.2) is 18.4 Å². The first kappa shape index (κ1) is 17.8. The summed E-state index contributed by atoms with van der Waals surface area (Å²) in [6.07, 6.45) is 1.56. The number of carbonyl (C=O) groups is 2. The first-order valence-corrected chi connectivity index (χ1v) is 7.45. The molecule has 0 amide bonds. The van der Waals surface area contributed by atoms with Crippen molar-refractivity contribution in [3.05, 3.63) is 65.3 Å². The fraction of sp³-hybridized carbons (Fsp3) is 0.167. The van der Waals surface area contributed by atoms with Crippen molar-refractivity contribution in [2.75, 3.05) is 11.9 Å². The van der Waals surface area contributed by atoms with Gasteiger partial charge < -0.3 is 20.2 Å². The Hall–Kier alpha value is -3.53. The van der Waals surface area contributed by atoms with Gasteiger partial charge in [0.1, 0.15) is 17.4 Å². The minimum Gasteiger partial charge on any atom is -0.467 e. The molecule has 7 heteroatoms. The molecule has 1 aromatic carbocycles. The lowest BCUT2D eigenvalue weighted by Crippen LogP contribution is -2.18. The molecule has 0 unspecified atom stereocenters. The monoisotopic (exact) mass is 339 g/mol. The van der Waals surface area contributed by atoms with E-state index in [4.69, 9.17) is 20.1 Å². The van der Waals surface area contributed by atoms with Crippen molar-refractivity contribution < 1.29 is 18.7 Å². The number of nitriles is 1. The molecule has 1 aromatic heterocycles. The van der Waals surface area contributed by atoms with Gasteiger partial charge in [-0.15, -0.1) is 0 Å². The zero-order valence-electron chi connectivity index (χ0n) is 13.6. The zero-order valence-corrected chi connectivity index (χ0v) is 13.6. The Balaban J connectivity index is 2.03. The lowest BCUT2D eigenvalue weighted by Gasteiger charge is -2.10. The van der Waals surface area contributed by atoms with Crippen LogP contribution in [0.1, 0.15) is 23.0 Å². The average Bonchev–Trinajstić information content (AvgIpc) is 3.12. The maximum Gasteiger partial charge on any atom is 0.340 e. The average molecular weight is 339 g/mol. The highest BCUT2D eigenvalue weighted by Crippen LogP contribution is 2.17. The lowest BCUT2D eigenvalue weighted by molar-refractivity contribution is -0.118. The molecule has 0 bridgehead atoms. The largest absolute Gasteiger partial charge is 0.467 e. The van der Waals surface area contributed by atoms with E-state index in [1.54, 1.807) is 48.7 Å². The third-order valence-corrected chi connectivity index (χ3v) is 3.30. The number of anilines is 1. The second-order valence-corrected chi connectivity index (χ2v) is 5.15. The van der Waals surface area contributed by atoms with E-state index >= 15 is 0 Å². The van der Waals surface area contributed by atoms with Crippen LogP contribution < -0.4 is 11.1 Å². The van der Waals surface area contributed by atoms with E-state index in [9.17, 15) is 9.59 Å². The molecule has 0 spiro atoms. The third-order valence-electron chi connectivity index (χ3n) is 3.30. The summed E-state index contributed by atoms with van der Waals surface area (Å²) in [5.74, 6) is -0.611. The van der Waals surface area contributed by atoms with E-state index < -0.39 is 18.4 Å². The number of nitrogens with one attached hydrogen (secondary N) is 1. The zero-order chi connectivity index (χ0) is 18.2. The molecule has 3 N–H and O–H groups in total. The highest BCUT2D eigenvalue weighted by atomic mass is 16.5. The number of allylic oxidation sites excluding steroid dienone is 1. The van der Waals surface area contributed by atoms with Crippen LogP contribution in [0.5, 0.6) is 0 Å². The molecule has 2 aromatic rings. The Morgan fingerprint density at radius 2 is 2.04 bits per heavy atom. The second-order valence-electron chi connectivity index (χ2n) is 5.15. The van der Waals surface area contributed by atoms with Gasteiger partial charge in [0.15, 0.2) is 6.61 Å². The van der Waals surface area contributed by atoms with E-state index in [0.29, 0.717) is 18.0 Å². The fourth-order valence-corrected chi connectivity index (χ4v) is 2.06. The maximum absolute atomic E-state index is 12.2. The minimum absolute atomic E-state index is 0.0871. The van der Waals surface area contributed by atoms with Crippen molar-refractivity contribution in [1.82, 2.24) is 0 Å². The van der Waals surface area contributed by atoms with E-state index in [1.807, 2.05) is 0 Å². The first-order chi connectivity index (χ1) is 12.0. The predicted octanol–water partition coefficient (Wildman–Crippen LogP) is 2.37. The second kappa shape index (κ2) is 8.36. The van der Waals surface area contributed by atoms with Crippen molar-refractivity contribution in [3.8, 4) is 6.07 Å². The highest BCUT2D eigenvalue weighted by Gasteiger charge is 2.17. The number of Topliss-reactive ketones (excluding diaryl/α,β-unsaturated/α-hetero) is 1. The highest BCUT2D eigenvalue weighted by molar-refractivity contribution is 6.03. The summed E-state index contributed by atoms with van der Waals surface area (Å²) in [7, 11) is 0. The summed E-state index contributed by atoms with van der Waals surface area (Å²) in [4.78, 5) is 24.1. The number of ketones is 1. The van der Waals surface area contributed by atoms with Crippen LogP contribution in [0.2, 0.25) is 0 Å². The number of ether oxygens (including phenoxy) is 1. The Labute approximate surface area is 144 Å². The number of nitrogens with two attached hydrogens (primary N) is 1. The SMILES string of the molecule is C/C(N)=C(\C#N)C(=O)COC(=O)c1ccccc1NCc1ccco1. The number of benzene rings is 1. The number of hydrogen-bond donors (Lipinski definition) is 2. The Bertz CT molecular complexity index is 828. The Morgan fingerprint density at radius 1 is 1.28 bits per heavy atom. The van der Waals surface area contributed by atoms with Gasteiger partial charge in [0.2, 0.25) is 5.78 Å². The van der Waals surface area contributed by atoms with Crippen LogP contribution in [0.4, 0.5) is 5.69 Å². The van der Waals surface area contributed by atoms with E-state index in [1.165, 1.54) is 6.92 Å². The van der Waals surface area contributed by atoms with Gasteiger partial charge in [-0.2, -0.15) is 5.26 Å². The number of hydrogen-bond acceptors (Lipinski definition) is 7. The molecule has 1 heterocycles. The third kappa shape index (κ3) is 4.72. The summed E-state index contributed by atoms with van der Waals surface area (Å²) in [6, 6.07) is 12.0. The maximum atomic E-state index is 12.2. The van der Waals surface area contributed by atoms with Gasteiger partial charge >= 0.3 is 5.97 Å². The molecule has 0 aliphatic heterocycles. The van der Waals surface area contributed by atoms with Crippen LogP contribution in [0, 0.1) is 11.3 Å². The van der Waals surface area contributed by atoms with Crippen LogP contribution in [0.3, 0.4) is 0 Å². The van der Waals surface area contributed by atoms with E-state index in [2.05, 4.69) is 5.32 Å². The minimum atomic E-state index is -0.678. The number of carbonyl (C=O) groups excluding carboxylic acids is 2. The summed E-state index contributed by atoms with van der Waals surface area (Å²) in [5.41, 5.74) is 6.14. The molecule has 0 radical (unpaired) electrons. The van der Waals surface area contributed by atoms with Gasteiger partial charge in [-0.25, -0.2) is 4.79 Å². The molecule has 25 heavy (non-hydrogen) atoms. The standard InChI is InChI=1S/C18H17N3O4/c1-12(20)15(9-19)17(22)11-25-18(23)14-6-2-3-7-16(14)21-10-13-5-4-8-24-13/h2-8,21H,10-11,20H2,1H3/b15-12-. The summed E-state index contributed by atoms with van der Waals surface area (Å²) >= 11 is 0. The van der Waals surface area contributed by atoms with Gasteiger partial charge in [-0.1, -0.05) is 12.1 Å². The lowest BCUT2D eigenvalue weighted by atomic mass is 10.1. The van der Waals surface area contributed by atoms with Crippen molar-refractivity contribution in [2.24, 2.45) is 5.73 Å². The summed E-state index contributed by atoms with van der Waals surface area (Å²) < 4.78 is 10.2. The first-order valence-electron chi connectivity index (χ1n) is 7.45. The van der Waals surface area contributed by atoms with Gasteiger partial charge in [-0.3, -0.25) is 4.79 Å². The molecule has 0 fully saturated rings. The molecule has 2 rings (SSSR count). The molecular formula is C18H17N3O4. The predicted molar refractivity (Wildman–Crippen MR) is 90.3 cm³/mol. The normalized spacial score (nSPS) is 11.2. The van der Waals surface area contributed by atoms with E-state index in [-0.39, 0.29) is 16.8 Å². The van der Waals surface area contributed by atoms with Crippen LogP contribution in [0.25, 0.3) is 0 Å². The van der Waals surface area contributed by atoms with Crippen molar-refractivity contribution in [2.45, 2.75) is 13.5 Å². The molecular weight excluding hydrogens is 322 g/mol. The van der Waals surface area contributed by atoms with Gasteiger partial charge in [0, 0.05) is 11.4 Å². The Kier molecular flexibility index (Phi) is 5.96. The smallest absolute Gasteiger partial charge is 0.340 e. The molecule has 0 atom stereocenters. The van der Waals surface area contributed by atoms with E-state index in [0.717, 1.165) is 0 Å². The van der Waals surface area contributed by atoms with Crippen molar-refractivity contribution in [3.63, 3.8) is 0 Å². The molecule has 0 aliphatic rings. The van der Waals surface area contributed by atoms with Gasteiger partial charge in [-0.05, 0) is 31.2 Å². The Morgan fingerprint density at radius 3 is 2.68 bits per heavy atom. The summed E-state index contributed by atoms with van der Waals surface area (Å²) in [6.45, 7) is 1.28. The number of rotatable bonds is 7. The van der Waals surface area contributed by atoms with Crippen molar-refractivity contribution >= 4 is 17.4 Å². The summed E-state index contributed by atoms with van der Waals surface area (Å²) in [5, 5.41) is 12.0. The number of esters is 1. The number of nitrogens with zero attached hydrogens (tertiary/aromatic N) is 1. The number of para-hydroxylation sites is 1. The number of furan rings is 1. The topological polar surface area (TPSA) is 118 Å². The molecule has 0 saturated heterocycles. The molecule has 128 valence electrons. The van der Waals surface area contributed by atoms with Gasteiger partial charge in [0.25, 0.3) is 0 Å². The fourth-order valence-electron chi connectivity index (χ4n) is 2.06. The molecule has 0 aliphatic carbocycles. The van der Waals surface area contributed by atoms with Crippen LogP contribution in [-0.2, 0) is 16.1 Å². The quantitative estimate of drug-likeness (QED) is 0.451.